The number of alkyl halides is 5. The van der Waals surface area contributed by atoms with Gasteiger partial charge in [0.1, 0.15) is 0 Å². The van der Waals surface area contributed by atoms with Crippen LogP contribution in [0.25, 0.3) is 0 Å². The highest BCUT2D eigenvalue weighted by Gasteiger charge is 2.59. The van der Waals surface area contributed by atoms with E-state index >= 15 is 0 Å². The molecule has 0 heterocycles. The monoisotopic (exact) mass is 178 g/mol. The maximum atomic E-state index is 11.8. The minimum absolute atomic E-state index is 1.10. The van der Waals surface area contributed by atoms with Crippen LogP contribution in [-0.2, 0) is 4.74 Å². The highest BCUT2D eigenvalue weighted by Crippen LogP contribution is 2.36. The molecule has 0 atom stereocenters. The second-order valence-corrected chi connectivity index (χ2v) is 2.18. The lowest BCUT2D eigenvalue weighted by atomic mass is 10.5. The lowest BCUT2D eigenvalue weighted by Crippen LogP contribution is -2.40. The first-order chi connectivity index (χ1) is 4.67. The van der Waals surface area contributed by atoms with E-state index in [4.69, 9.17) is 0 Å². The first-order valence-corrected chi connectivity index (χ1v) is 2.79. The van der Waals surface area contributed by atoms with Crippen molar-refractivity contribution >= 4 is 0 Å². The first-order valence-electron chi connectivity index (χ1n) is 2.79. The molecule has 11 heavy (non-hydrogen) atoms. The molecule has 68 valence electrons. The summed E-state index contributed by atoms with van der Waals surface area (Å²) in [6.45, 7) is 2.19. The van der Waals surface area contributed by atoms with Crippen molar-refractivity contribution in [2.75, 3.05) is 0 Å². The summed E-state index contributed by atoms with van der Waals surface area (Å²) in [6.07, 6.45) is -11.8. The van der Waals surface area contributed by atoms with E-state index in [0.717, 1.165) is 13.8 Å². The van der Waals surface area contributed by atoms with E-state index < -0.39 is 18.4 Å². The fourth-order valence-electron chi connectivity index (χ4n) is 0.363. The summed E-state index contributed by atoms with van der Waals surface area (Å²) in [4.78, 5) is 0. The van der Waals surface area contributed by atoms with E-state index in [-0.39, 0.29) is 0 Å². The van der Waals surface area contributed by atoms with Gasteiger partial charge in [-0.1, -0.05) is 0 Å². The third kappa shape index (κ3) is 3.00. The third-order valence-electron chi connectivity index (χ3n) is 0.714. The van der Waals surface area contributed by atoms with Crippen LogP contribution in [0.5, 0.6) is 0 Å². The topological polar surface area (TPSA) is 9.23 Å². The number of hydrogen-bond donors (Lipinski definition) is 0. The summed E-state index contributed by atoms with van der Waals surface area (Å²) < 4.78 is 61.0. The van der Waals surface area contributed by atoms with Crippen molar-refractivity contribution in [1.82, 2.24) is 0 Å². The van der Waals surface area contributed by atoms with Crippen LogP contribution in [0.15, 0.2) is 0 Å². The highest BCUT2D eigenvalue weighted by atomic mass is 19.4. The van der Waals surface area contributed by atoms with Gasteiger partial charge in [-0.15, -0.1) is 0 Å². The molecule has 0 aliphatic carbocycles. The van der Waals surface area contributed by atoms with Gasteiger partial charge in [-0.2, -0.15) is 22.0 Å². The lowest BCUT2D eigenvalue weighted by Gasteiger charge is -2.21. The Morgan fingerprint density at radius 1 is 1.00 bits per heavy atom. The molecule has 1 nitrogen and oxygen atoms in total. The molecular weight excluding hydrogens is 171 g/mol. The van der Waals surface area contributed by atoms with Crippen molar-refractivity contribution in [3.63, 3.8) is 0 Å². The van der Waals surface area contributed by atoms with Crippen LogP contribution in [0.1, 0.15) is 13.8 Å². The molecule has 0 saturated heterocycles. The molecule has 0 N–H and O–H groups in total. The SMILES string of the molecule is CC(C)OC(F)(F)C(F)(F)F. The molecule has 6 heteroatoms. The van der Waals surface area contributed by atoms with Crippen LogP contribution in [0.3, 0.4) is 0 Å². The van der Waals surface area contributed by atoms with E-state index in [0.29, 0.717) is 0 Å². The summed E-state index contributed by atoms with van der Waals surface area (Å²) >= 11 is 0. The summed E-state index contributed by atoms with van der Waals surface area (Å²) in [6, 6.07) is 0. The predicted octanol–water partition coefficient (Wildman–Crippen LogP) is 2.57. The van der Waals surface area contributed by atoms with Gasteiger partial charge < -0.3 is 4.74 Å². The largest absolute Gasteiger partial charge is 0.482 e. The average Bonchev–Trinajstić information content (AvgIpc) is 1.56. The first kappa shape index (κ1) is 10.6. The van der Waals surface area contributed by atoms with Crippen molar-refractivity contribution in [2.24, 2.45) is 0 Å². The zero-order chi connectivity index (χ0) is 9.28. The minimum atomic E-state index is -5.63. The molecule has 0 aromatic rings. The molecule has 0 fully saturated rings. The summed E-state index contributed by atoms with van der Waals surface area (Å²) in [7, 11) is 0. The van der Waals surface area contributed by atoms with E-state index in [2.05, 4.69) is 4.74 Å². The highest BCUT2D eigenvalue weighted by molar-refractivity contribution is 4.64. The predicted molar refractivity (Wildman–Crippen MR) is 27.2 cm³/mol. The molecule has 0 aliphatic rings. The van der Waals surface area contributed by atoms with Crippen LogP contribution in [0.4, 0.5) is 22.0 Å². The molecule has 0 aliphatic heterocycles. The van der Waals surface area contributed by atoms with Gasteiger partial charge >= 0.3 is 12.3 Å². The molecule has 0 saturated carbocycles. The standard InChI is InChI=1S/C5H7F5O/c1-3(2)11-5(9,10)4(6,7)8/h3H,1-2H3. The molecule has 0 bridgehead atoms. The van der Waals surface area contributed by atoms with Gasteiger partial charge in [-0.3, -0.25) is 0 Å². The molecule has 0 radical (unpaired) electrons. The van der Waals surface area contributed by atoms with Gasteiger partial charge in [0, 0.05) is 0 Å². The Morgan fingerprint density at radius 3 is 1.45 bits per heavy atom. The molecule has 0 aromatic heterocycles. The summed E-state index contributed by atoms with van der Waals surface area (Å²) in [5.41, 5.74) is 0. The maximum absolute atomic E-state index is 11.8. The third-order valence-corrected chi connectivity index (χ3v) is 0.714. The Morgan fingerprint density at radius 2 is 1.36 bits per heavy atom. The van der Waals surface area contributed by atoms with Crippen molar-refractivity contribution in [2.45, 2.75) is 32.2 Å². The van der Waals surface area contributed by atoms with Crippen molar-refractivity contribution < 1.29 is 26.7 Å². The van der Waals surface area contributed by atoms with E-state index in [1.165, 1.54) is 0 Å². The van der Waals surface area contributed by atoms with Crippen molar-refractivity contribution in [1.29, 1.82) is 0 Å². The smallest absolute Gasteiger partial charge is 0.310 e. The second-order valence-electron chi connectivity index (χ2n) is 2.18. The quantitative estimate of drug-likeness (QED) is 0.590. The molecule has 0 amide bonds. The Kier molecular flexibility index (Phi) is 2.82. The Balaban J connectivity index is 4.22. The number of rotatable bonds is 2. The Labute approximate surface area is 60.1 Å². The average molecular weight is 178 g/mol. The molecule has 0 spiro atoms. The molecular formula is C5H7F5O. The van der Waals surface area contributed by atoms with E-state index in [9.17, 15) is 22.0 Å². The number of halogens is 5. The summed E-state index contributed by atoms with van der Waals surface area (Å²) in [5, 5.41) is 0. The van der Waals surface area contributed by atoms with Crippen LogP contribution >= 0.6 is 0 Å². The van der Waals surface area contributed by atoms with E-state index in [1.54, 1.807) is 0 Å². The molecule has 0 aromatic carbocycles. The van der Waals surface area contributed by atoms with Crippen molar-refractivity contribution in [3.8, 4) is 0 Å². The Bertz CT molecular complexity index is 127. The van der Waals surface area contributed by atoms with Crippen LogP contribution in [0.2, 0.25) is 0 Å². The Hall–Kier alpha value is -0.390. The van der Waals surface area contributed by atoms with Crippen molar-refractivity contribution in [3.05, 3.63) is 0 Å². The number of ether oxygens (including phenoxy) is 1. The van der Waals surface area contributed by atoms with Crippen LogP contribution in [0, 0.1) is 0 Å². The fraction of sp³-hybridized carbons (Fsp3) is 1.00. The van der Waals surface area contributed by atoms with Gasteiger partial charge in [0.2, 0.25) is 0 Å². The van der Waals surface area contributed by atoms with Gasteiger partial charge in [0.25, 0.3) is 0 Å². The zero-order valence-corrected chi connectivity index (χ0v) is 5.88. The van der Waals surface area contributed by atoms with Gasteiger partial charge in [-0.05, 0) is 13.8 Å². The van der Waals surface area contributed by atoms with E-state index in [1.807, 2.05) is 0 Å². The zero-order valence-electron chi connectivity index (χ0n) is 5.88. The second kappa shape index (κ2) is 2.92. The fourth-order valence-corrected chi connectivity index (χ4v) is 0.363. The molecule has 0 rings (SSSR count). The van der Waals surface area contributed by atoms with Gasteiger partial charge in [0.15, 0.2) is 0 Å². The van der Waals surface area contributed by atoms with Gasteiger partial charge in [0.05, 0.1) is 6.10 Å². The number of hydrogen-bond acceptors (Lipinski definition) is 1. The van der Waals surface area contributed by atoms with Crippen LogP contribution < -0.4 is 0 Å². The van der Waals surface area contributed by atoms with Gasteiger partial charge in [-0.25, -0.2) is 0 Å². The summed E-state index contributed by atoms with van der Waals surface area (Å²) in [5.74, 6) is 0. The lowest BCUT2D eigenvalue weighted by molar-refractivity contribution is -0.399. The normalized spacial score (nSPS) is 14.2. The minimum Gasteiger partial charge on any atom is -0.310 e. The van der Waals surface area contributed by atoms with Crippen LogP contribution in [-0.4, -0.2) is 18.4 Å². The maximum Gasteiger partial charge on any atom is 0.482 e. The molecule has 0 unspecified atom stereocenters.